The van der Waals surface area contributed by atoms with Crippen molar-refractivity contribution in [1.29, 1.82) is 0 Å². The van der Waals surface area contributed by atoms with Crippen molar-refractivity contribution in [3.63, 3.8) is 0 Å². The van der Waals surface area contributed by atoms with Crippen molar-refractivity contribution in [2.24, 2.45) is 0 Å². The molecule has 0 N–H and O–H groups in total. The zero-order valence-electron chi connectivity index (χ0n) is 6.05. The predicted molar refractivity (Wildman–Crippen MR) is 41.0 cm³/mol. The number of rotatable bonds is 0. The number of hydrogen-bond donors (Lipinski definition) is 0. The Labute approximate surface area is 60.7 Å². The summed E-state index contributed by atoms with van der Waals surface area (Å²) in [4.78, 5) is 0. The van der Waals surface area contributed by atoms with E-state index in [1.54, 1.807) is 6.66 Å². The zero-order valence-corrected chi connectivity index (χ0v) is 6.94. The molecule has 2 nitrogen and oxygen atoms in total. The van der Waals surface area contributed by atoms with Crippen LogP contribution in [0.2, 0.25) is 0 Å². The van der Waals surface area contributed by atoms with Gasteiger partial charge in [0.05, 0.1) is 6.16 Å². The van der Waals surface area contributed by atoms with Gasteiger partial charge in [-0.1, -0.05) is 0 Å². The molecule has 1 heterocycles. The van der Waals surface area contributed by atoms with Gasteiger partial charge in [0.1, 0.15) is 0 Å². The SMILES string of the molecule is C#CC1=C(C)CP(C)(=O)O1. The first-order chi connectivity index (χ1) is 4.55. The minimum atomic E-state index is -2.39. The summed E-state index contributed by atoms with van der Waals surface area (Å²) < 4.78 is 16.2. The van der Waals surface area contributed by atoms with Gasteiger partial charge in [-0.3, -0.25) is 4.57 Å². The third-order valence-electron chi connectivity index (χ3n) is 1.33. The first-order valence-electron chi connectivity index (χ1n) is 2.97. The average Bonchev–Trinajstić information content (AvgIpc) is 2.05. The van der Waals surface area contributed by atoms with Crippen molar-refractivity contribution in [2.75, 3.05) is 12.8 Å². The van der Waals surface area contributed by atoms with Gasteiger partial charge in [-0.2, -0.15) is 0 Å². The molecule has 3 heteroatoms. The summed E-state index contributed by atoms with van der Waals surface area (Å²) in [7, 11) is -2.39. The second-order valence-corrected chi connectivity index (χ2v) is 5.04. The van der Waals surface area contributed by atoms with Crippen LogP contribution in [0.3, 0.4) is 0 Å². The maximum atomic E-state index is 11.2. The average molecular weight is 156 g/mol. The first kappa shape index (κ1) is 7.44. The lowest BCUT2D eigenvalue weighted by molar-refractivity contribution is 0.439. The summed E-state index contributed by atoms with van der Waals surface area (Å²) in [6.07, 6.45) is 5.60. The highest BCUT2D eigenvalue weighted by Crippen LogP contribution is 2.52. The Balaban J connectivity index is 2.91. The molecule has 0 aromatic heterocycles. The molecular weight excluding hydrogens is 147 g/mol. The molecule has 0 fully saturated rings. The Morgan fingerprint density at radius 1 is 1.80 bits per heavy atom. The lowest BCUT2D eigenvalue weighted by Crippen LogP contribution is -1.79. The van der Waals surface area contributed by atoms with Gasteiger partial charge in [0.2, 0.25) is 7.37 Å². The fourth-order valence-corrected chi connectivity index (χ4v) is 2.62. The van der Waals surface area contributed by atoms with Crippen LogP contribution in [-0.4, -0.2) is 12.8 Å². The van der Waals surface area contributed by atoms with E-state index in [1.807, 2.05) is 6.92 Å². The molecule has 1 atom stereocenters. The Morgan fingerprint density at radius 3 is 2.60 bits per heavy atom. The summed E-state index contributed by atoms with van der Waals surface area (Å²) in [6.45, 7) is 3.44. The molecule has 0 radical (unpaired) electrons. The second-order valence-electron chi connectivity index (χ2n) is 2.52. The smallest absolute Gasteiger partial charge is 0.249 e. The highest BCUT2D eigenvalue weighted by molar-refractivity contribution is 7.58. The monoisotopic (exact) mass is 156 g/mol. The normalized spacial score (nSPS) is 31.7. The van der Waals surface area contributed by atoms with Crippen molar-refractivity contribution in [3.05, 3.63) is 11.3 Å². The van der Waals surface area contributed by atoms with Crippen LogP contribution in [0, 0.1) is 12.3 Å². The van der Waals surface area contributed by atoms with E-state index in [1.165, 1.54) is 0 Å². The Morgan fingerprint density at radius 2 is 2.40 bits per heavy atom. The predicted octanol–water partition coefficient (Wildman–Crippen LogP) is 1.83. The van der Waals surface area contributed by atoms with Gasteiger partial charge in [0, 0.05) is 6.66 Å². The van der Waals surface area contributed by atoms with Crippen LogP contribution in [-0.2, 0) is 9.09 Å². The van der Waals surface area contributed by atoms with Crippen LogP contribution < -0.4 is 0 Å². The van der Waals surface area contributed by atoms with Gasteiger partial charge in [-0.15, -0.1) is 6.42 Å². The summed E-state index contributed by atoms with van der Waals surface area (Å²) in [5, 5.41) is 0. The second kappa shape index (κ2) is 2.18. The van der Waals surface area contributed by atoms with Crippen LogP contribution in [0.4, 0.5) is 0 Å². The zero-order chi connectivity index (χ0) is 7.78. The molecule has 0 spiro atoms. The van der Waals surface area contributed by atoms with Gasteiger partial charge in [0.25, 0.3) is 0 Å². The standard InChI is InChI=1S/C7H9O2P/c1-4-7-6(2)5-10(3,8)9-7/h1H,5H2,2-3H3. The first-order valence-corrected chi connectivity index (χ1v) is 5.23. The molecular formula is C7H9O2P. The molecule has 0 bridgehead atoms. The molecule has 1 aliphatic rings. The largest absolute Gasteiger partial charge is 0.434 e. The topological polar surface area (TPSA) is 26.3 Å². The van der Waals surface area contributed by atoms with Crippen LogP contribution in [0.15, 0.2) is 11.3 Å². The van der Waals surface area contributed by atoms with Gasteiger partial charge < -0.3 is 4.52 Å². The molecule has 1 aliphatic heterocycles. The molecule has 0 saturated carbocycles. The molecule has 0 aromatic rings. The van der Waals surface area contributed by atoms with E-state index in [-0.39, 0.29) is 0 Å². The van der Waals surface area contributed by atoms with Crippen LogP contribution in [0.5, 0.6) is 0 Å². The lowest BCUT2D eigenvalue weighted by atomic mass is 10.3. The van der Waals surface area contributed by atoms with Crippen molar-refractivity contribution in [3.8, 4) is 12.3 Å². The van der Waals surface area contributed by atoms with Gasteiger partial charge >= 0.3 is 0 Å². The van der Waals surface area contributed by atoms with Crippen molar-refractivity contribution in [2.45, 2.75) is 6.92 Å². The molecule has 0 aliphatic carbocycles. The molecule has 0 amide bonds. The maximum absolute atomic E-state index is 11.2. The fraction of sp³-hybridized carbons (Fsp3) is 0.429. The third kappa shape index (κ3) is 1.25. The van der Waals surface area contributed by atoms with Crippen LogP contribution >= 0.6 is 7.37 Å². The maximum Gasteiger partial charge on any atom is 0.249 e. The summed E-state index contributed by atoms with van der Waals surface area (Å²) in [6, 6.07) is 0. The quantitative estimate of drug-likeness (QED) is 0.395. The fourth-order valence-electron chi connectivity index (χ4n) is 0.955. The van der Waals surface area contributed by atoms with Gasteiger partial charge in [0.15, 0.2) is 5.76 Å². The Kier molecular flexibility index (Phi) is 1.62. The highest BCUT2D eigenvalue weighted by Gasteiger charge is 2.27. The van der Waals surface area contributed by atoms with Crippen LogP contribution in [0.25, 0.3) is 0 Å². The molecule has 1 unspecified atom stereocenters. The molecule has 10 heavy (non-hydrogen) atoms. The van der Waals surface area contributed by atoms with Crippen molar-refractivity contribution in [1.82, 2.24) is 0 Å². The summed E-state index contributed by atoms with van der Waals surface area (Å²) >= 11 is 0. The van der Waals surface area contributed by atoms with E-state index in [0.717, 1.165) is 5.57 Å². The van der Waals surface area contributed by atoms with E-state index in [4.69, 9.17) is 10.9 Å². The number of hydrogen-bond acceptors (Lipinski definition) is 2. The highest BCUT2D eigenvalue weighted by atomic mass is 31.2. The van der Waals surface area contributed by atoms with Gasteiger partial charge in [-0.25, -0.2) is 0 Å². The van der Waals surface area contributed by atoms with Crippen molar-refractivity contribution >= 4 is 7.37 Å². The summed E-state index contributed by atoms with van der Waals surface area (Å²) in [5.74, 6) is 2.82. The van der Waals surface area contributed by atoms with Crippen molar-refractivity contribution < 1.29 is 9.09 Å². The Hall–Kier alpha value is -0.670. The van der Waals surface area contributed by atoms with Crippen LogP contribution in [0.1, 0.15) is 6.92 Å². The van der Waals surface area contributed by atoms with E-state index in [9.17, 15) is 4.57 Å². The van der Waals surface area contributed by atoms with E-state index in [0.29, 0.717) is 11.9 Å². The Bertz CT molecular complexity index is 270. The molecule has 0 aromatic carbocycles. The number of terminal acetylenes is 1. The third-order valence-corrected chi connectivity index (χ3v) is 2.95. The minimum Gasteiger partial charge on any atom is -0.434 e. The van der Waals surface area contributed by atoms with E-state index < -0.39 is 7.37 Å². The molecule has 1 rings (SSSR count). The van der Waals surface area contributed by atoms with E-state index >= 15 is 0 Å². The number of allylic oxidation sites excluding steroid dienone is 2. The minimum absolute atomic E-state index is 0.464. The van der Waals surface area contributed by atoms with E-state index in [2.05, 4.69) is 5.92 Å². The van der Waals surface area contributed by atoms with Gasteiger partial charge in [-0.05, 0) is 18.4 Å². The molecule has 54 valence electrons. The lowest BCUT2D eigenvalue weighted by Gasteiger charge is -2.02. The summed E-state index contributed by atoms with van der Waals surface area (Å²) in [5.41, 5.74) is 0.924. The molecule has 0 saturated heterocycles.